The molecule has 0 aliphatic rings. The molecule has 156 valence electrons. The number of carbonyl (C=O) groups is 2. The zero-order valence-electron chi connectivity index (χ0n) is 15.8. The Morgan fingerprint density at radius 1 is 1.10 bits per heavy atom. The van der Waals surface area contributed by atoms with E-state index in [1.54, 1.807) is 6.20 Å². The van der Waals surface area contributed by atoms with E-state index in [9.17, 15) is 19.1 Å². The molecule has 0 aliphatic carbocycles. The Kier molecular flexibility index (Phi) is 6.75. The van der Waals surface area contributed by atoms with E-state index >= 15 is 0 Å². The summed E-state index contributed by atoms with van der Waals surface area (Å²) in [6, 6.07) is 2.52. The minimum atomic E-state index is -1.09. The lowest BCUT2D eigenvalue weighted by Gasteiger charge is -2.10. The second-order valence-corrected chi connectivity index (χ2v) is 6.52. The molecule has 3 aromatic rings. The lowest BCUT2D eigenvalue weighted by molar-refractivity contribution is 0.0696. The molecule has 3 heterocycles. The maximum absolute atomic E-state index is 13.1. The first-order chi connectivity index (χ1) is 14.4. The number of aliphatic hydroxyl groups excluding tert-OH is 1. The number of aliphatic hydroxyl groups is 1. The van der Waals surface area contributed by atoms with E-state index < -0.39 is 23.8 Å². The summed E-state index contributed by atoms with van der Waals surface area (Å²) in [4.78, 5) is 30.4. The van der Waals surface area contributed by atoms with Gasteiger partial charge in [-0.3, -0.25) is 14.8 Å². The number of carbonyl (C=O) groups excluding carboxylic acids is 1. The van der Waals surface area contributed by atoms with E-state index in [1.807, 2.05) is 0 Å². The summed E-state index contributed by atoms with van der Waals surface area (Å²) in [7, 11) is 0. The van der Waals surface area contributed by atoms with Gasteiger partial charge in [0.1, 0.15) is 5.82 Å². The Morgan fingerprint density at radius 3 is 2.63 bits per heavy atom. The third-order valence-corrected chi connectivity index (χ3v) is 4.24. The zero-order chi connectivity index (χ0) is 21.5. The van der Waals surface area contributed by atoms with Crippen molar-refractivity contribution in [1.29, 1.82) is 0 Å². The third kappa shape index (κ3) is 5.64. The second kappa shape index (κ2) is 9.65. The number of amides is 1. The number of hydrogen-bond acceptors (Lipinski definition) is 7. The molecule has 1 amide bonds. The molecule has 30 heavy (non-hydrogen) atoms. The quantitative estimate of drug-likeness (QED) is 0.471. The fourth-order valence-electron chi connectivity index (χ4n) is 2.66. The maximum atomic E-state index is 13.1. The minimum Gasteiger partial charge on any atom is -0.478 e. The Labute approximate surface area is 170 Å². The Balaban J connectivity index is 1.45. The molecule has 0 bridgehead atoms. The highest BCUT2D eigenvalue weighted by Crippen LogP contribution is 2.10. The number of aryl methyl sites for hydroxylation is 1. The van der Waals surface area contributed by atoms with Gasteiger partial charge in [0.2, 0.25) is 0 Å². The topological polar surface area (TPSA) is 143 Å². The highest BCUT2D eigenvalue weighted by molar-refractivity contribution is 5.93. The average molecular weight is 414 g/mol. The van der Waals surface area contributed by atoms with Gasteiger partial charge in [-0.05, 0) is 31.4 Å². The van der Waals surface area contributed by atoms with Gasteiger partial charge in [-0.2, -0.15) is 0 Å². The number of aromatic carboxylic acids is 1. The summed E-state index contributed by atoms with van der Waals surface area (Å²) < 4.78 is 14.5. The summed E-state index contributed by atoms with van der Waals surface area (Å²) in [6.07, 6.45) is 7.08. The van der Waals surface area contributed by atoms with Crippen molar-refractivity contribution in [3.63, 3.8) is 0 Å². The average Bonchev–Trinajstić information content (AvgIpc) is 3.21. The van der Waals surface area contributed by atoms with Crippen LogP contribution in [0.1, 0.15) is 39.3 Å². The molecule has 11 heteroatoms. The summed E-state index contributed by atoms with van der Waals surface area (Å²) in [5, 5.41) is 29.7. The number of halogens is 1. The molecule has 3 N–H and O–H groups in total. The number of aromatic nitrogens is 5. The van der Waals surface area contributed by atoms with Crippen molar-refractivity contribution < 1.29 is 24.2 Å². The molecule has 10 nitrogen and oxygen atoms in total. The molecule has 0 radical (unpaired) electrons. The third-order valence-electron chi connectivity index (χ3n) is 4.24. The van der Waals surface area contributed by atoms with Crippen LogP contribution in [0.25, 0.3) is 5.69 Å². The van der Waals surface area contributed by atoms with Gasteiger partial charge in [-0.15, -0.1) is 5.10 Å². The van der Waals surface area contributed by atoms with Gasteiger partial charge in [0, 0.05) is 18.9 Å². The van der Waals surface area contributed by atoms with E-state index in [2.05, 4.69) is 25.6 Å². The van der Waals surface area contributed by atoms with Gasteiger partial charge in [-0.1, -0.05) is 5.21 Å². The number of pyridine rings is 2. The van der Waals surface area contributed by atoms with Crippen molar-refractivity contribution in [3.05, 3.63) is 65.8 Å². The minimum absolute atomic E-state index is 0.0380. The van der Waals surface area contributed by atoms with Gasteiger partial charge in [-0.25, -0.2) is 13.9 Å². The van der Waals surface area contributed by atoms with Crippen LogP contribution in [-0.2, 0) is 6.42 Å². The van der Waals surface area contributed by atoms with Crippen molar-refractivity contribution in [2.45, 2.75) is 25.4 Å². The van der Waals surface area contributed by atoms with Crippen LogP contribution in [0.15, 0.2) is 43.1 Å². The predicted octanol–water partition coefficient (Wildman–Crippen LogP) is 1.01. The van der Waals surface area contributed by atoms with Crippen LogP contribution in [0, 0.1) is 5.82 Å². The number of hydrogen-bond donors (Lipinski definition) is 3. The van der Waals surface area contributed by atoms with E-state index in [4.69, 9.17) is 5.11 Å². The summed E-state index contributed by atoms with van der Waals surface area (Å²) >= 11 is 0. The van der Waals surface area contributed by atoms with Crippen molar-refractivity contribution in [2.24, 2.45) is 0 Å². The molecule has 0 aromatic carbocycles. The zero-order valence-corrected chi connectivity index (χ0v) is 15.8. The Hall–Kier alpha value is -3.73. The number of carboxylic acid groups (broad SMARTS) is 1. The van der Waals surface area contributed by atoms with Crippen LogP contribution in [0.2, 0.25) is 0 Å². The van der Waals surface area contributed by atoms with Crippen molar-refractivity contribution >= 4 is 11.9 Å². The van der Waals surface area contributed by atoms with Crippen LogP contribution in [0.4, 0.5) is 4.39 Å². The van der Waals surface area contributed by atoms with Gasteiger partial charge in [0.25, 0.3) is 5.91 Å². The van der Waals surface area contributed by atoms with Gasteiger partial charge in [0.15, 0.2) is 0 Å². The first-order valence-corrected chi connectivity index (χ1v) is 9.09. The van der Waals surface area contributed by atoms with Crippen LogP contribution >= 0.6 is 0 Å². The van der Waals surface area contributed by atoms with E-state index in [-0.39, 0.29) is 17.7 Å². The molecular formula is C19H19FN6O4. The maximum Gasteiger partial charge on any atom is 0.337 e. The van der Waals surface area contributed by atoms with E-state index in [0.717, 1.165) is 12.3 Å². The highest BCUT2D eigenvalue weighted by Gasteiger charge is 2.11. The van der Waals surface area contributed by atoms with Crippen LogP contribution < -0.4 is 5.32 Å². The fourth-order valence-corrected chi connectivity index (χ4v) is 2.66. The molecule has 0 spiro atoms. The molecule has 3 aromatic heterocycles. The highest BCUT2D eigenvalue weighted by atomic mass is 19.1. The largest absolute Gasteiger partial charge is 0.478 e. The van der Waals surface area contributed by atoms with Gasteiger partial charge < -0.3 is 15.5 Å². The van der Waals surface area contributed by atoms with E-state index in [0.29, 0.717) is 30.6 Å². The van der Waals surface area contributed by atoms with Crippen molar-refractivity contribution in [3.8, 4) is 5.69 Å². The van der Waals surface area contributed by atoms with Crippen molar-refractivity contribution in [1.82, 2.24) is 30.3 Å². The van der Waals surface area contributed by atoms with Gasteiger partial charge >= 0.3 is 5.97 Å². The molecule has 0 fully saturated rings. The summed E-state index contributed by atoms with van der Waals surface area (Å²) in [6.45, 7) is 0.219. The van der Waals surface area contributed by atoms with Crippen LogP contribution in [0.3, 0.4) is 0 Å². The second-order valence-electron chi connectivity index (χ2n) is 6.52. The first-order valence-electron chi connectivity index (χ1n) is 9.09. The summed E-state index contributed by atoms with van der Waals surface area (Å²) in [5.74, 6) is -2.15. The molecule has 0 saturated carbocycles. The number of carboxylic acids is 1. The van der Waals surface area contributed by atoms with E-state index in [1.165, 1.54) is 29.3 Å². The molecule has 1 unspecified atom stereocenters. The number of nitrogens with one attached hydrogen (secondary N) is 1. The predicted molar refractivity (Wildman–Crippen MR) is 102 cm³/mol. The van der Waals surface area contributed by atoms with Crippen molar-refractivity contribution in [2.75, 3.05) is 6.54 Å². The first kappa shape index (κ1) is 21.0. The van der Waals surface area contributed by atoms with Crippen LogP contribution in [0.5, 0.6) is 0 Å². The molecule has 1 atom stereocenters. The molecule has 0 aliphatic heterocycles. The smallest absolute Gasteiger partial charge is 0.337 e. The number of nitrogens with zero attached hydrogens (tertiary/aromatic N) is 5. The van der Waals surface area contributed by atoms with Gasteiger partial charge in [0.05, 0.1) is 47.2 Å². The monoisotopic (exact) mass is 414 g/mol. The Morgan fingerprint density at radius 2 is 1.87 bits per heavy atom. The Bertz CT molecular complexity index is 1040. The molecule has 3 rings (SSSR count). The SMILES string of the molecule is O=C(O)c1cncc(-n2cc(CCC(O)CCNC(=O)c3cncc(F)c3)nn2)c1. The lowest BCUT2D eigenvalue weighted by Crippen LogP contribution is -2.27. The summed E-state index contributed by atoms with van der Waals surface area (Å²) in [5.41, 5.74) is 1.23. The lowest BCUT2D eigenvalue weighted by atomic mass is 10.1. The normalized spacial score (nSPS) is 11.8. The standard InChI is InChI=1S/C19H19FN6O4/c20-14-5-12(7-21-9-14)18(28)23-4-3-17(27)2-1-15-11-26(25-24-15)16-6-13(19(29)30)8-22-10-16/h5-11,17,27H,1-4H2,(H,23,28)(H,29,30). The molecule has 0 saturated heterocycles. The van der Waals surface area contributed by atoms with Crippen LogP contribution in [-0.4, -0.2) is 59.7 Å². The molecular weight excluding hydrogens is 395 g/mol. The number of rotatable bonds is 9. The fraction of sp³-hybridized carbons (Fsp3) is 0.263.